The van der Waals surface area contributed by atoms with Gasteiger partial charge in [0, 0.05) is 0 Å². The molecule has 2 rings (SSSR count). The van der Waals surface area contributed by atoms with E-state index >= 15 is 0 Å². The Balaban J connectivity index is 2.41. The summed E-state index contributed by atoms with van der Waals surface area (Å²) < 4.78 is 5.06. The van der Waals surface area contributed by atoms with E-state index in [1.807, 2.05) is 6.92 Å². The van der Waals surface area contributed by atoms with Crippen LogP contribution in [0.2, 0.25) is 0 Å². The molecule has 2 N–H and O–H groups in total. The van der Waals surface area contributed by atoms with Gasteiger partial charge >= 0.3 is 6.03 Å². The lowest BCUT2D eigenvalue weighted by atomic mass is 9.87. The predicted molar refractivity (Wildman–Crippen MR) is 61.6 cm³/mol. The van der Waals surface area contributed by atoms with Gasteiger partial charge in [0.1, 0.15) is 11.3 Å². The molecule has 1 heterocycles. The lowest BCUT2D eigenvalue weighted by Crippen LogP contribution is -2.43. The Morgan fingerprint density at radius 3 is 2.29 bits per heavy atom. The lowest BCUT2D eigenvalue weighted by Gasteiger charge is -2.24. The van der Waals surface area contributed by atoms with E-state index in [1.54, 1.807) is 31.4 Å². The van der Waals surface area contributed by atoms with E-state index in [-0.39, 0.29) is 5.91 Å². The van der Waals surface area contributed by atoms with Crippen molar-refractivity contribution in [1.29, 1.82) is 0 Å². The number of ether oxygens (including phenoxy) is 1. The molecule has 5 heteroatoms. The molecule has 3 amide bonds. The third-order valence-electron chi connectivity index (χ3n) is 3.05. The molecule has 1 aromatic carbocycles. The maximum absolute atomic E-state index is 11.9. The van der Waals surface area contributed by atoms with E-state index in [9.17, 15) is 9.59 Å². The Labute approximate surface area is 99.2 Å². The monoisotopic (exact) mass is 234 g/mol. The zero-order valence-electron chi connectivity index (χ0n) is 9.74. The van der Waals surface area contributed by atoms with E-state index in [1.165, 1.54) is 0 Å². The topological polar surface area (TPSA) is 67.4 Å². The van der Waals surface area contributed by atoms with E-state index in [4.69, 9.17) is 4.74 Å². The first kappa shape index (κ1) is 11.4. The molecule has 1 saturated heterocycles. The molecule has 0 saturated carbocycles. The smallest absolute Gasteiger partial charge is 0.322 e. The SMILES string of the molecule is CCC1(c2ccc(OC)cc2)NC(=O)NC1=O. The number of amides is 3. The number of nitrogens with one attached hydrogen (secondary N) is 2. The summed E-state index contributed by atoms with van der Waals surface area (Å²) >= 11 is 0. The number of carbonyl (C=O) groups excluding carboxylic acids is 2. The Hall–Kier alpha value is -2.04. The number of hydrogen-bond acceptors (Lipinski definition) is 3. The van der Waals surface area contributed by atoms with Crippen molar-refractivity contribution in [2.75, 3.05) is 7.11 Å². The minimum absolute atomic E-state index is 0.310. The fourth-order valence-electron chi connectivity index (χ4n) is 2.02. The third kappa shape index (κ3) is 1.73. The molecule has 0 bridgehead atoms. The molecular weight excluding hydrogens is 220 g/mol. The number of carbonyl (C=O) groups is 2. The highest BCUT2D eigenvalue weighted by atomic mass is 16.5. The predicted octanol–water partition coefficient (Wildman–Crippen LogP) is 1.14. The molecule has 5 nitrogen and oxygen atoms in total. The van der Waals surface area contributed by atoms with Crippen molar-refractivity contribution in [1.82, 2.24) is 10.6 Å². The number of methoxy groups -OCH3 is 1. The quantitative estimate of drug-likeness (QED) is 0.771. The minimum atomic E-state index is -0.955. The van der Waals surface area contributed by atoms with Gasteiger partial charge in [0.05, 0.1) is 7.11 Å². The van der Waals surface area contributed by atoms with Crippen LogP contribution in [-0.4, -0.2) is 19.0 Å². The minimum Gasteiger partial charge on any atom is -0.497 e. The Morgan fingerprint density at radius 1 is 1.24 bits per heavy atom. The fraction of sp³-hybridized carbons (Fsp3) is 0.333. The number of urea groups is 1. The first-order chi connectivity index (χ1) is 8.12. The summed E-state index contributed by atoms with van der Waals surface area (Å²) in [6.07, 6.45) is 0.497. The van der Waals surface area contributed by atoms with Gasteiger partial charge in [-0.25, -0.2) is 4.79 Å². The van der Waals surface area contributed by atoms with Crippen molar-refractivity contribution in [3.8, 4) is 5.75 Å². The average Bonchev–Trinajstić information content (AvgIpc) is 2.65. The van der Waals surface area contributed by atoms with Crippen molar-refractivity contribution in [2.45, 2.75) is 18.9 Å². The summed E-state index contributed by atoms with van der Waals surface area (Å²) in [5.74, 6) is 0.403. The fourth-order valence-corrected chi connectivity index (χ4v) is 2.02. The first-order valence-corrected chi connectivity index (χ1v) is 5.40. The number of imide groups is 1. The van der Waals surface area contributed by atoms with Crippen LogP contribution in [0, 0.1) is 0 Å². The van der Waals surface area contributed by atoms with Crippen LogP contribution < -0.4 is 15.4 Å². The maximum atomic E-state index is 11.9. The van der Waals surface area contributed by atoms with Crippen LogP contribution in [0.4, 0.5) is 4.79 Å². The van der Waals surface area contributed by atoms with Gasteiger partial charge in [0.15, 0.2) is 0 Å². The Bertz CT molecular complexity index is 455. The normalized spacial score (nSPS) is 23.2. The second kappa shape index (κ2) is 4.08. The van der Waals surface area contributed by atoms with Crippen LogP contribution >= 0.6 is 0 Å². The van der Waals surface area contributed by atoms with Crippen molar-refractivity contribution < 1.29 is 14.3 Å². The molecule has 0 spiro atoms. The van der Waals surface area contributed by atoms with Gasteiger partial charge in [-0.15, -0.1) is 0 Å². The summed E-state index contributed by atoms with van der Waals surface area (Å²) in [6.45, 7) is 1.86. The summed E-state index contributed by atoms with van der Waals surface area (Å²) in [4.78, 5) is 23.1. The molecule has 0 aliphatic carbocycles. The van der Waals surface area contributed by atoms with Crippen LogP contribution in [0.5, 0.6) is 5.75 Å². The molecule has 17 heavy (non-hydrogen) atoms. The van der Waals surface area contributed by atoms with Crippen LogP contribution in [0.15, 0.2) is 24.3 Å². The van der Waals surface area contributed by atoms with E-state index < -0.39 is 11.6 Å². The van der Waals surface area contributed by atoms with E-state index in [0.29, 0.717) is 12.2 Å². The van der Waals surface area contributed by atoms with Gasteiger partial charge in [0.2, 0.25) is 0 Å². The van der Waals surface area contributed by atoms with E-state index in [2.05, 4.69) is 10.6 Å². The average molecular weight is 234 g/mol. The van der Waals surface area contributed by atoms with Gasteiger partial charge in [-0.05, 0) is 24.1 Å². The van der Waals surface area contributed by atoms with E-state index in [0.717, 1.165) is 5.56 Å². The standard InChI is InChI=1S/C12H14N2O3/c1-3-12(10(15)13-11(16)14-12)8-4-6-9(17-2)7-5-8/h4-7H,3H2,1-2H3,(H2,13,14,15,16). The van der Waals surface area contributed by atoms with Gasteiger partial charge in [-0.3, -0.25) is 10.1 Å². The van der Waals surface area contributed by atoms with Crippen LogP contribution in [0.25, 0.3) is 0 Å². The van der Waals surface area contributed by atoms with Crippen LogP contribution in [0.1, 0.15) is 18.9 Å². The van der Waals surface area contributed by atoms with Crippen molar-refractivity contribution >= 4 is 11.9 Å². The molecule has 0 radical (unpaired) electrons. The highest BCUT2D eigenvalue weighted by molar-refractivity contribution is 6.07. The lowest BCUT2D eigenvalue weighted by molar-refractivity contribution is -0.124. The Morgan fingerprint density at radius 2 is 1.88 bits per heavy atom. The molecule has 1 aliphatic rings. The van der Waals surface area contributed by atoms with Crippen molar-refractivity contribution in [3.05, 3.63) is 29.8 Å². The molecule has 1 aliphatic heterocycles. The molecule has 1 unspecified atom stereocenters. The molecule has 1 fully saturated rings. The van der Waals surface area contributed by atoms with Crippen molar-refractivity contribution in [2.24, 2.45) is 0 Å². The highest BCUT2D eigenvalue weighted by Crippen LogP contribution is 2.29. The molecule has 0 aromatic heterocycles. The van der Waals surface area contributed by atoms with Gasteiger partial charge < -0.3 is 10.1 Å². The first-order valence-electron chi connectivity index (χ1n) is 5.40. The molecule has 1 atom stereocenters. The molecule has 1 aromatic rings. The highest BCUT2D eigenvalue weighted by Gasteiger charge is 2.46. The number of benzene rings is 1. The van der Waals surface area contributed by atoms with Gasteiger partial charge in [0.25, 0.3) is 5.91 Å². The van der Waals surface area contributed by atoms with Crippen LogP contribution in [0.3, 0.4) is 0 Å². The zero-order valence-corrected chi connectivity index (χ0v) is 9.74. The largest absolute Gasteiger partial charge is 0.497 e. The van der Waals surface area contributed by atoms with Gasteiger partial charge in [-0.2, -0.15) is 0 Å². The van der Waals surface area contributed by atoms with Crippen LogP contribution in [-0.2, 0) is 10.3 Å². The zero-order chi connectivity index (χ0) is 12.5. The summed E-state index contributed by atoms with van der Waals surface area (Å²) in [5, 5.41) is 4.95. The Kier molecular flexibility index (Phi) is 2.75. The van der Waals surface area contributed by atoms with Gasteiger partial charge in [-0.1, -0.05) is 19.1 Å². The second-order valence-electron chi connectivity index (χ2n) is 3.90. The number of rotatable bonds is 3. The summed E-state index contributed by atoms with van der Waals surface area (Å²) in [7, 11) is 1.58. The molecular formula is C12H14N2O3. The maximum Gasteiger partial charge on any atom is 0.322 e. The summed E-state index contributed by atoms with van der Waals surface area (Å²) in [5.41, 5.74) is -0.201. The second-order valence-corrected chi connectivity index (χ2v) is 3.90. The molecule has 90 valence electrons. The summed E-state index contributed by atoms with van der Waals surface area (Å²) in [6, 6.07) is 6.66. The number of hydrogen-bond donors (Lipinski definition) is 2. The third-order valence-corrected chi connectivity index (χ3v) is 3.05. The van der Waals surface area contributed by atoms with Crippen molar-refractivity contribution in [3.63, 3.8) is 0 Å².